The summed E-state index contributed by atoms with van der Waals surface area (Å²) in [6, 6.07) is 5.70. The molecule has 1 aromatic carbocycles. The van der Waals surface area contributed by atoms with Gasteiger partial charge in [0, 0.05) is 26.0 Å². The van der Waals surface area contributed by atoms with Crippen LogP contribution in [0.25, 0.3) is 0 Å². The van der Waals surface area contributed by atoms with Crippen LogP contribution in [0.2, 0.25) is 0 Å². The van der Waals surface area contributed by atoms with Crippen molar-refractivity contribution in [2.24, 2.45) is 7.05 Å². The first kappa shape index (κ1) is 14.5. The smallest absolute Gasteiger partial charge is 0.123 e. The number of aromatic nitrogens is 2. The summed E-state index contributed by atoms with van der Waals surface area (Å²) in [5.41, 5.74) is 0. The Morgan fingerprint density at radius 1 is 1.40 bits per heavy atom. The second-order valence-corrected chi connectivity index (χ2v) is 4.50. The van der Waals surface area contributed by atoms with Crippen molar-refractivity contribution in [1.29, 1.82) is 0 Å². The van der Waals surface area contributed by atoms with Crippen LogP contribution in [0.3, 0.4) is 0 Å². The first-order valence-corrected chi connectivity index (χ1v) is 6.38. The molecule has 0 aliphatic carbocycles. The Bertz CT molecular complexity index is 527. The van der Waals surface area contributed by atoms with Gasteiger partial charge in [-0.2, -0.15) is 0 Å². The van der Waals surface area contributed by atoms with Crippen molar-refractivity contribution in [3.8, 4) is 5.75 Å². The van der Waals surface area contributed by atoms with Crippen molar-refractivity contribution >= 4 is 0 Å². The van der Waals surface area contributed by atoms with E-state index in [4.69, 9.17) is 4.74 Å². The Morgan fingerprint density at radius 2 is 2.15 bits per heavy atom. The van der Waals surface area contributed by atoms with E-state index < -0.39 is 6.10 Å². The van der Waals surface area contributed by atoms with Crippen LogP contribution in [0.15, 0.2) is 36.7 Å². The lowest BCUT2D eigenvalue weighted by Gasteiger charge is -2.13. The first-order valence-electron chi connectivity index (χ1n) is 6.38. The second kappa shape index (κ2) is 7.02. The highest BCUT2D eigenvalue weighted by molar-refractivity contribution is 5.22. The number of nitrogens with zero attached hydrogens (tertiary/aromatic N) is 2. The van der Waals surface area contributed by atoms with Crippen LogP contribution in [0.1, 0.15) is 5.82 Å². The summed E-state index contributed by atoms with van der Waals surface area (Å²) >= 11 is 0. The van der Waals surface area contributed by atoms with Crippen LogP contribution >= 0.6 is 0 Å². The molecule has 0 bridgehead atoms. The van der Waals surface area contributed by atoms with Gasteiger partial charge in [0.05, 0.1) is 6.54 Å². The summed E-state index contributed by atoms with van der Waals surface area (Å²) in [7, 11) is 1.91. The molecule has 0 fully saturated rings. The number of ether oxygens (including phenoxy) is 1. The molecule has 2 rings (SSSR count). The molecule has 108 valence electrons. The Balaban J connectivity index is 1.66. The molecule has 0 amide bonds. The lowest BCUT2D eigenvalue weighted by molar-refractivity contribution is 0.106. The van der Waals surface area contributed by atoms with Gasteiger partial charge in [0.25, 0.3) is 0 Å². The van der Waals surface area contributed by atoms with Gasteiger partial charge in [0.1, 0.15) is 30.1 Å². The number of nitrogens with one attached hydrogen (secondary N) is 1. The average Bonchev–Trinajstić information content (AvgIpc) is 2.84. The van der Waals surface area contributed by atoms with E-state index in [-0.39, 0.29) is 12.4 Å². The van der Waals surface area contributed by atoms with Gasteiger partial charge in [-0.25, -0.2) is 9.37 Å². The number of hydrogen-bond acceptors (Lipinski definition) is 4. The first-order chi connectivity index (χ1) is 9.65. The molecular weight excluding hydrogens is 261 g/mol. The van der Waals surface area contributed by atoms with Crippen LogP contribution in [-0.2, 0) is 13.6 Å². The van der Waals surface area contributed by atoms with Gasteiger partial charge in [-0.15, -0.1) is 0 Å². The van der Waals surface area contributed by atoms with Crippen LogP contribution in [0, 0.1) is 5.82 Å². The highest BCUT2D eigenvalue weighted by atomic mass is 19.1. The van der Waals surface area contributed by atoms with Crippen molar-refractivity contribution in [1.82, 2.24) is 14.9 Å². The SMILES string of the molecule is Cn1ccnc1CNCC(O)COc1ccc(F)cc1. The van der Waals surface area contributed by atoms with Gasteiger partial charge in [0.2, 0.25) is 0 Å². The van der Waals surface area contributed by atoms with E-state index in [0.29, 0.717) is 18.8 Å². The molecule has 1 atom stereocenters. The Morgan fingerprint density at radius 3 is 2.80 bits per heavy atom. The Labute approximate surface area is 117 Å². The quantitative estimate of drug-likeness (QED) is 0.796. The summed E-state index contributed by atoms with van der Waals surface area (Å²) < 4.78 is 20.0. The maximum atomic E-state index is 12.7. The monoisotopic (exact) mass is 279 g/mol. The number of imidazole rings is 1. The molecule has 5 nitrogen and oxygen atoms in total. The number of aliphatic hydroxyl groups excluding tert-OH is 1. The largest absolute Gasteiger partial charge is 0.491 e. The minimum Gasteiger partial charge on any atom is -0.491 e. The Hall–Kier alpha value is -1.92. The van der Waals surface area contributed by atoms with Crippen molar-refractivity contribution in [3.05, 3.63) is 48.3 Å². The standard InChI is InChI=1S/C14H18FN3O2/c1-18-7-6-17-14(18)9-16-8-12(19)10-20-13-4-2-11(15)3-5-13/h2-7,12,16,19H,8-10H2,1H3. The maximum absolute atomic E-state index is 12.7. The normalized spacial score (nSPS) is 12.3. The lowest BCUT2D eigenvalue weighted by atomic mass is 10.3. The van der Waals surface area contributed by atoms with Gasteiger partial charge in [-0.3, -0.25) is 0 Å². The van der Waals surface area contributed by atoms with E-state index in [1.165, 1.54) is 24.3 Å². The lowest BCUT2D eigenvalue weighted by Crippen LogP contribution is -2.31. The summed E-state index contributed by atoms with van der Waals surface area (Å²) in [6.45, 7) is 1.13. The zero-order valence-electron chi connectivity index (χ0n) is 11.3. The molecule has 0 aliphatic heterocycles. The molecular formula is C14H18FN3O2. The third kappa shape index (κ3) is 4.32. The highest BCUT2D eigenvalue weighted by Gasteiger charge is 2.06. The minimum atomic E-state index is -0.639. The molecule has 1 heterocycles. The fourth-order valence-corrected chi connectivity index (χ4v) is 1.70. The highest BCUT2D eigenvalue weighted by Crippen LogP contribution is 2.11. The fraction of sp³-hybridized carbons (Fsp3) is 0.357. The van der Waals surface area contributed by atoms with Crippen molar-refractivity contribution in [2.45, 2.75) is 12.6 Å². The van der Waals surface area contributed by atoms with E-state index in [1.54, 1.807) is 6.20 Å². The Kier molecular flexibility index (Phi) is 5.09. The third-order valence-electron chi connectivity index (χ3n) is 2.84. The number of aliphatic hydroxyl groups is 1. The molecule has 0 radical (unpaired) electrons. The molecule has 0 saturated heterocycles. The fourth-order valence-electron chi connectivity index (χ4n) is 1.70. The zero-order chi connectivity index (χ0) is 14.4. The van der Waals surface area contributed by atoms with E-state index >= 15 is 0 Å². The number of benzene rings is 1. The molecule has 0 saturated carbocycles. The summed E-state index contributed by atoms with van der Waals surface area (Å²) in [4.78, 5) is 4.17. The molecule has 20 heavy (non-hydrogen) atoms. The molecule has 0 aliphatic rings. The van der Waals surface area contributed by atoms with Gasteiger partial charge in [0.15, 0.2) is 0 Å². The van der Waals surface area contributed by atoms with Crippen molar-refractivity contribution in [2.75, 3.05) is 13.2 Å². The van der Waals surface area contributed by atoms with Crippen molar-refractivity contribution < 1.29 is 14.2 Å². The second-order valence-electron chi connectivity index (χ2n) is 4.50. The van der Waals surface area contributed by atoms with Gasteiger partial charge < -0.3 is 19.7 Å². The van der Waals surface area contributed by atoms with Crippen LogP contribution in [0.5, 0.6) is 5.75 Å². The van der Waals surface area contributed by atoms with Crippen molar-refractivity contribution in [3.63, 3.8) is 0 Å². The molecule has 2 N–H and O–H groups in total. The molecule has 1 unspecified atom stereocenters. The number of hydrogen-bond donors (Lipinski definition) is 2. The summed E-state index contributed by atoms with van der Waals surface area (Å²) in [5, 5.41) is 12.9. The third-order valence-corrected chi connectivity index (χ3v) is 2.84. The average molecular weight is 279 g/mol. The van der Waals surface area contributed by atoms with E-state index in [9.17, 15) is 9.50 Å². The maximum Gasteiger partial charge on any atom is 0.123 e. The van der Waals surface area contributed by atoms with E-state index in [0.717, 1.165) is 5.82 Å². The van der Waals surface area contributed by atoms with Gasteiger partial charge in [-0.05, 0) is 24.3 Å². The minimum absolute atomic E-state index is 0.152. The molecule has 2 aromatic rings. The molecule has 6 heteroatoms. The van der Waals surface area contributed by atoms with E-state index in [1.807, 2.05) is 17.8 Å². The predicted molar refractivity (Wildman–Crippen MR) is 72.8 cm³/mol. The van der Waals surface area contributed by atoms with E-state index in [2.05, 4.69) is 10.3 Å². The molecule has 0 spiro atoms. The summed E-state index contributed by atoms with van der Waals surface area (Å²) in [6.07, 6.45) is 2.95. The zero-order valence-corrected chi connectivity index (χ0v) is 11.3. The molecule has 1 aromatic heterocycles. The number of rotatable bonds is 7. The van der Waals surface area contributed by atoms with Crippen LogP contribution in [-0.4, -0.2) is 33.9 Å². The summed E-state index contributed by atoms with van der Waals surface area (Å²) in [5.74, 6) is 1.13. The van der Waals surface area contributed by atoms with Gasteiger partial charge >= 0.3 is 0 Å². The number of halogens is 1. The van der Waals surface area contributed by atoms with Gasteiger partial charge in [-0.1, -0.05) is 0 Å². The number of aryl methyl sites for hydroxylation is 1. The van der Waals surface area contributed by atoms with Crippen LogP contribution < -0.4 is 10.1 Å². The predicted octanol–water partition coefficient (Wildman–Crippen LogP) is 1.09. The topological polar surface area (TPSA) is 59.3 Å². The van der Waals surface area contributed by atoms with Crippen LogP contribution in [0.4, 0.5) is 4.39 Å².